The molecular weight excluding hydrogens is 292 g/mol. The second kappa shape index (κ2) is 7.99. The van der Waals surface area contributed by atoms with Crippen LogP contribution in [0.3, 0.4) is 0 Å². The topological polar surface area (TPSA) is 72.6 Å². The van der Waals surface area contributed by atoms with Crippen molar-refractivity contribution < 1.29 is 14.3 Å². The minimum Gasteiger partial charge on any atom is -0.494 e. The molecule has 5 nitrogen and oxygen atoms in total. The molecule has 2 atom stereocenters. The van der Waals surface area contributed by atoms with Crippen molar-refractivity contribution in [3.05, 3.63) is 29.8 Å². The number of nitrogens with two attached hydrogens (primary N) is 1. The van der Waals surface area contributed by atoms with E-state index in [1.807, 2.05) is 38.1 Å². The molecule has 1 fully saturated rings. The van der Waals surface area contributed by atoms with Gasteiger partial charge in [-0.1, -0.05) is 12.1 Å². The number of piperidine rings is 1. The number of amides is 2. The van der Waals surface area contributed by atoms with Crippen molar-refractivity contribution in [1.29, 1.82) is 0 Å². The van der Waals surface area contributed by atoms with Gasteiger partial charge in [0.2, 0.25) is 11.8 Å². The van der Waals surface area contributed by atoms with Crippen molar-refractivity contribution in [2.24, 2.45) is 11.7 Å². The van der Waals surface area contributed by atoms with Gasteiger partial charge >= 0.3 is 0 Å². The molecule has 0 spiro atoms. The third kappa shape index (κ3) is 4.98. The Morgan fingerprint density at radius 1 is 1.35 bits per heavy atom. The lowest BCUT2D eigenvalue weighted by Crippen LogP contribution is -2.48. The van der Waals surface area contributed by atoms with Crippen LogP contribution in [-0.4, -0.2) is 35.9 Å². The van der Waals surface area contributed by atoms with Gasteiger partial charge in [-0.05, 0) is 50.8 Å². The maximum absolute atomic E-state index is 12.4. The molecule has 0 saturated carbocycles. The summed E-state index contributed by atoms with van der Waals surface area (Å²) in [5.41, 5.74) is 6.53. The third-order valence-corrected chi connectivity index (χ3v) is 4.40. The van der Waals surface area contributed by atoms with Crippen LogP contribution in [0.15, 0.2) is 24.3 Å². The van der Waals surface area contributed by atoms with E-state index >= 15 is 0 Å². The summed E-state index contributed by atoms with van der Waals surface area (Å²) in [6, 6.07) is 8.04. The van der Waals surface area contributed by atoms with Crippen molar-refractivity contribution >= 4 is 11.8 Å². The van der Waals surface area contributed by atoms with E-state index in [9.17, 15) is 9.59 Å². The van der Waals surface area contributed by atoms with Crippen molar-refractivity contribution in [1.82, 2.24) is 4.90 Å². The summed E-state index contributed by atoms with van der Waals surface area (Å²) in [5.74, 6) is 0.394. The van der Waals surface area contributed by atoms with Gasteiger partial charge in [0, 0.05) is 19.0 Å². The fourth-order valence-corrected chi connectivity index (χ4v) is 2.95. The van der Waals surface area contributed by atoms with Gasteiger partial charge < -0.3 is 15.4 Å². The molecule has 2 N–H and O–H groups in total. The van der Waals surface area contributed by atoms with Crippen LogP contribution in [-0.2, 0) is 9.59 Å². The number of benzene rings is 1. The molecule has 0 radical (unpaired) electrons. The molecule has 1 aromatic carbocycles. The highest BCUT2D eigenvalue weighted by Crippen LogP contribution is 2.22. The Bertz CT molecular complexity index is 559. The van der Waals surface area contributed by atoms with Crippen LogP contribution < -0.4 is 10.5 Å². The van der Waals surface area contributed by atoms with E-state index < -0.39 is 0 Å². The first-order valence-electron chi connectivity index (χ1n) is 8.25. The Kier molecular flexibility index (Phi) is 6.02. The number of carbonyl (C=O) groups excluding carboxylic acids is 2. The minimum atomic E-state index is -0.308. The molecule has 1 heterocycles. The predicted octanol–water partition coefficient (Wildman–Crippen LogP) is 2.27. The molecular formula is C18H26N2O3. The van der Waals surface area contributed by atoms with E-state index in [1.165, 1.54) is 0 Å². The van der Waals surface area contributed by atoms with Crippen molar-refractivity contribution in [3.63, 3.8) is 0 Å². The summed E-state index contributed by atoms with van der Waals surface area (Å²) in [7, 11) is 0. The van der Waals surface area contributed by atoms with Gasteiger partial charge in [0.25, 0.3) is 0 Å². The molecule has 2 rings (SSSR count). The number of likely N-dealkylation sites (tertiary alicyclic amines) is 1. The molecule has 1 aliphatic rings. The molecule has 23 heavy (non-hydrogen) atoms. The molecule has 2 amide bonds. The van der Waals surface area contributed by atoms with Gasteiger partial charge in [0.05, 0.1) is 12.5 Å². The van der Waals surface area contributed by atoms with E-state index in [4.69, 9.17) is 10.5 Å². The quantitative estimate of drug-likeness (QED) is 0.818. The Labute approximate surface area is 137 Å². The highest BCUT2D eigenvalue weighted by Gasteiger charge is 2.31. The molecule has 1 aliphatic heterocycles. The molecule has 126 valence electrons. The smallest absolute Gasteiger partial charge is 0.222 e. The van der Waals surface area contributed by atoms with E-state index in [0.29, 0.717) is 26.0 Å². The van der Waals surface area contributed by atoms with E-state index in [1.54, 1.807) is 4.90 Å². The van der Waals surface area contributed by atoms with Gasteiger partial charge in [-0.3, -0.25) is 9.59 Å². The molecule has 1 aromatic rings. The van der Waals surface area contributed by atoms with E-state index in [-0.39, 0.29) is 23.8 Å². The lowest BCUT2D eigenvalue weighted by molar-refractivity contribution is -0.137. The molecule has 0 aromatic heterocycles. The monoisotopic (exact) mass is 318 g/mol. The molecule has 0 unspecified atom stereocenters. The normalized spacial score (nSPS) is 21.0. The average molecular weight is 318 g/mol. The van der Waals surface area contributed by atoms with E-state index in [2.05, 4.69) is 0 Å². The molecule has 0 aliphatic carbocycles. The fourth-order valence-electron chi connectivity index (χ4n) is 2.95. The van der Waals surface area contributed by atoms with Crippen LogP contribution in [0.1, 0.15) is 38.2 Å². The predicted molar refractivity (Wildman–Crippen MR) is 89.0 cm³/mol. The van der Waals surface area contributed by atoms with Crippen LogP contribution in [0.25, 0.3) is 0 Å². The lowest BCUT2D eigenvalue weighted by atomic mass is 9.92. The Morgan fingerprint density at radius 3 is 2.83 bits per heavy atom. The Morgan fingerprint density at radius 2 is 2.13 bits per heavy atom. The summed E-state index contributed by atoms with van der Waals surface area (Å²) in [6.07, 6.45) is 2.70. The van der Waals surface area contributed by atoms with Gasteiger partial charge in [0.1, 0.15) is 5.75 Å². The van der Waals surface area contributed by atoms with Gasteiger partial charge in [0.15, 0.2) is 0 Å². The summed E-state index contributed by atoms with van der Waals surface area (Å²) in [6.45, 7) is 5.01. The molecule has 0 bridgehead atoms. The second-order valence-electron chi connectivity index (χ2n) is 6.34. The lowest BCUT2D eigenvalue weighted by Gasteiger charge is -2.37. The number of aryl methyl sites for hydroxylation is 1. The zero-order valence-corrected chi connectivity index (χ0v) is 14.0. The van der Waals surface area contributed by atoms with Crippen molar-refractivity contribution in [3.8, 4) is 5.75 Å². The van der Waals surface area contributed by atoms with Crippen LogP contribution >= 0.6 is 0 Å². The zero-order chi connectivity index (χ0) is 16.8. The maximum atomic E-state index is 12.4. The zero-order valence-electron chi connectivity index (χ0n) is 14.0. The largest absolute Gasteiger partial charge is 0.494 e. The SMILES string of the molecule is Cc1cccc(OCCCC(=O)N2C[C@H](C(N)=O)CC[C@@H]2C)c1. The van der Waals surface area contributed by atoms with Crippen LogP contribution in [0.4, 0.5) is 0 Å². The first-order chi connectivity index (χ1) is 11.0. The highest BCUT2D eigenvalue weighted by molar-refractivity contribution is 5.80. The van der Waals surface area contributed by atoms with Crippen LogP contribution in [0.2, 0.25) is 0 Å². The second-order valence-corrected chi connectivity index (χ2v) is 6.34. The summed E-state index contributed by atoms with van der Waals surface area (Å²) >= 11 is 0. The number of primary amides is 1. The molecule has 1 saturated heterocycles. The third-order valence-electron chi connectivity index (χ3n) is 4.40. The van der Waals surface area contributed by atoms with Crippen LogP contribution in [0.5, 0.6) is 5.75 Å². The van der Waals surface area contributed by atoms with Gasteiger partial charge in [-0.25, -0.2) is 0 Å². The Hall–Kier alpha value is -2.04. The molecule has 5 heteroatoms. The number of hydrogen-bond donors (Lipinski definition) is 1. The summed E-state index contributed by atoms with van der Waals surface area (Å²) < 4.78 is 5.67. The number of carbonyl (C=O) groups is 2. The number of nitrogens with zero attached hydrogens (tertiary/aromatic N) is 1. The standard InChI is InChI=1S/C18H26N2O3/c1-13-5-3-6-16(11-13)23-10-4-7-17(21)20-12-15(18(19)22)9-8-14(20)2/h3,5-6,11,14-15H,4,7-10,12H2,1-2H3,(H2,19,22)/t14-,15+/m0/s1. The van der Waals surface area contributed by atoms with Gasteiger partial charge in [-0.15, -0.1) is 0 Å². The van der Waals surface area contributed by atoms with Crippen molar-refractivity contribution in [2.45, 2.75) is 45.6 Å². The summed E-state index contributed by atoms with van der Waals surface area (Å²) in [5, 5.41) is 0. The van der Waals surface area contributed by atoms with E-state index in [0.717, 1.165) is 24.2 Å². The Balaban J connectivity index is 1.76. The summed E-state index contributed by atoms with van der Waals surface area (Å²) in [4.78, 5) is 25.5. The van der Waals surface area contributed by atoms with Crippen LogP contribution in [0, 0.1) is 12.8 Å². The number of rotatable bonds is 6. The van der Waals surface area contributed by atoms with Crippen molar-refractivity contribution in [2.75, 3.05) is 13.2 Å². The first-order valence-corrected chi connectivity index (χ1v) is 8.25. The van der Waals surface area contributed by atoms with Gasteiger partial charge in [-0.2, -0.15) is 0 Å². The minimum absolute atomic E-state index is 0.0799. The number of ether oxygens (including phenoxy) is 1. The fraction of sp³-hybridized carbons (Fsp3) is 0.556. The first kappa shape index (κ1) is 17.3. The highest BCUT2D eigenvalue weighted by atomic mass is 16.5. The number of hydrogen-bond acceptors (Lipinski definition) is 3. The average Bonchev–Trinajstić information content (AvgIpc) is 2.51. The maximum Gasteiger partial charge on any atom is 0.222 e.